The van der Waals surface area contributed by atoms with Crippen molar-refractivity contribution in [2.24, 2.45) is 5.92 Å². The number of hydrogen-bond donors (Lipinski definition) is 0. The van der Waals surface area contributed by atoms with Crippen LogP contribution >= 0.6 is 0 Å². The van der Waals surface area contributed by atoms with E-state index in [0.717, 1.165) is 27.1 Å². The number of hydrogen-bond acceptors (Lipinski definition) is 1. The Balaban J connectivity index is 2.15. The molecular formula is C26H23NO. The van der Waals surface area contributed by atoms with Crippen LogP contribution in [0.25, 0.3) is 43.2 Å². The second-order valence-electron chi connectivity index (χ2n) is 8.05. The van der Waals surface area contributed by atoms with Crippen LogP contribution in [0.15, 0.2) is 77.6 Å². The third-order valence-electron chi connectivity index (χ3n) is 6.17. The summed E-state index contributed by atoms with van der Waals surface area (Å²) in [7, 11) is 0. The molecule has 5 aromatic rings. The lowest BCUT2D eigenvalue weighted by atomic mass is 9.95. The number of pyridine rings is 1. The molecule has 1 aromatic heterocycles. The zero-order chi connectivity index (χ0) is 19.4. The van der Waals surface area contributed by atoms with Gasteiger partial charge in [-0.3, -0.25) is 4.79 Å². The van der Waals surface area contributed by atoms with E-state index in [1.807, 2.05) is 16.7 Å². The van der Waals surface area contributed by atoms with E-state index in [0.29, 0.717) is 5.92 Å². The zero-order valence-corrected chi connectivity index (χ0v) is 16.4. The van der Waals surface area contributed by atoms with Gasteiger partial charge in [0.05, 0.1) is 10.9 Å². The van der Waals surface area contributed by atoms with Gasteiger partial charge >= 0.3 is 0 Å². The van der Waals surface area contributed by atoms with E-state index < -0.39 is 0 Å². The van der Waals surface area contributed by atoms with Gasteiger partial charge in [-0.2, -0.15) is 0 Å². The van der Waals surface area contributed by atoms with Crippen LogP contribution in [0.3, 0.4) is 0 Å². The number of nitrogens with zero attached hydrogens (tertiary/aromatic N) is 1. The average Bonchev–Trinajstić information content (AvgIpc) is 2.72. The van der Waals surface area contributed by atoms with Crippen molar-refractivity contribution in [2.45, 2.75) is 26.8 Å². The van der Waals surface area contributed by atoms with E-state index in [9.17, 15) is 4.79 Å². The third kappa shape index (κ3) is 2.31. The minimum atomic E-state index is 0.107. The number of fused-ring (bicyclic) bond motifs is 7. The molecule has 0 spiro atoms. The number of rotatable bonds is 2. The molecule has 0 N–H and O–H groups in total. The molecule has 0 saturated carbocycles. The molecule has 5 rings (SSSR count). The summed E-state index contributed by atoms with van der Waals surface area (Å²) in [6, 6.07) is 25.3. The normalized spacial score (nSPS) is 13.1. The number of aromatic nitrogens is 1. The molecule has 1 heterocycles. The SMILES string of the molecule is CC(C)C(C)n1c(=O)c2c3ccccc3ccc2c2c3ccccc3ccc21. The highest BCUT2D eigenvalue weighted by Gasteiger charge is 2.20. The van der Waals surface area contributed by atoms with Crippen molar-refractivity contribution >= 4 is 43.2 Å². The van der Waals surface area contributed by atoms with Crippen LogP contribution in [0.2, 0.25) is 0 Å². The van der Waals surface area contributed by atoms with Crippen molar-refractivity contribution in [1.82, 2.24) is 4.57 Å². The van der Waals surface area contributed by atoms with Gasteiger partial charge in [-0.1, -0.05) is 80.6 Å². The molecule has 4 aromatic carbocycles. The maximum Gasteiger partial charge on any atom is 0.259 e. The first-order valence-electron chi connectivity index (χ1n) is 9.95. The second-order valence-corrected chi connectivity index (χ2v) is 8.05. The van der Waals surface area contributed by atoms with E-state index >= 15 is 0 Å². The molecular weight excluding hydrogens is 342 g/mol. The van der Waals surface area contributed by atoms with Crippen LogP contribution < -0.4 is 5.56 Å². The summed E-state index contributed by atoms with van der Waals surface area (Å²) < 4.78 is 2.02. The minimum Gasteiger partial charge on any atom is -0.305 e. The Morgan fingerprint density at radius 1 is 0.643 bits per heavy atom. The molecule has 0 aliphatic rings. The van der Waals surface area contributed by atoms with E-state index in [-0.39, 0.29) is 11.6 Å². The Kier molecular flexibility index (Phi) is 3.77. The first kappa shape index (κ1) is 17.0. The van der Waals surface area contributed by atoms with Crippen LogP contribution in [0.4, 0.5) is 0 Å². The van der Waals surface area contributed by atoms with Crippen molar-refractivity contribution in [3.8, 4) is 0 Å². The monoisotopic (exact) mass is 365 g/mol. The third-order valence-corrected chi connectivity index (χ3v) is 6.17. The van der Waals surface area contributed by atoms with Crippen LogP contribution in [0.5, 0.6) is 0 Å². The van der Waals surface area contributed by atoms with Gasteiger partial charge in [0, 0.05) is 11.4 Å². The Bertz CT molecular complexity index is 1430. The van der Waals surface area contributed by atoms with Gasteiger partial charge in [0.25, 0.3) is 5.56 Å². The first-order valence-corrected chi connectivity index (χ1v) is 9.95. The van der Waals surface area contributed by atoms with Gasteiger partial charge in [-0.05, 0) is 45.8 Å². The highest BCUT2D eigenvalue weighted by atomic mass is 16.1. The largest absolute Gasteiger partial charge is 0.305 e. The van der Waals surface area contributed by atoms with Gasteiger partial charge in [-0.15, -0.1) is 0 Å². The number of benzene rings is 4. The Morgan fingerprint density at radius 3 is 1.86 bits per heavy atom. The predicted octanol–water partition coefficient (Wildman–Crippen LogP) is 6.68. The van der Waals surface area contributed by atoms with Crippen molar-refractivity contribution < 1.29 is 0 Å². The predicted molar refractivity (Wildman–Crippen MR) is 120 cm³/mol. The highest BCUT2D eigenvalue weighted by Crippen LogP contribution is 2.35. The molecule has 2 heteroatoms. The van der Waals surface area contributed by atoms with Gasteiger partial charge in [-0.25, -0.2) is 0 Å². The molecule has 0 saturated heterocycles. The quantitative estimate of drug-likeness (QED) is 0.320. The molecule has 138 valence electrons. The Labute approximate surface area is 164 Å². The summed E-state index contributed by atoms with van der Waals surface area (Å²) in [5.41, 5.74) is 1.13. The minimum absolute atomic E-state index is 0.107. The molecule has 28 heavy (non-hydrogen) atoms. The topological polar surface area (TPSA) is 22.0 Å². The van der Waals surface area contributed by atoms with Crippen LogP contribution in [0, 0.1) is 5.92 Å². The standard InChI is InChI=1S/C26H23NO/c1-16(2)17(3)27-23-15-13-19-9-4-6-10-20(19)24(23)22-14-12-18-8-5-7-11-21(18)25(22)26(27)28/h4-17H,1-3H3. The van der Waals surface area contributed by atoms with Crippen molar-refractivity contribution in [3.05, 3.63) is 83.2 Å². The molecule has 0 aliphatic carbocycles. The molecule has 0 aliphatic heterocycles. The molecule has 0 radical (unpaired) electrons. The second kappa shape index (κ2) is 6.20. The highest BCUT2D eigenvalue weighted by molar-refractivity contribution is 6.23. The Morgan fingerprint density at radius 2 is 1.21 bits per heavy atom. The van der Waals surface area contributed by atoms with E-state index in [2.05, 4.69) is 81.4 Å². The molecule has 2 nitrogen and oxygen atoms in total. The van der Waals surface area contributed by atoms with Crippen LogP contribution in [-0.4, -0.2) is 4.57 Å². The summed E-state index contributed by atoms with van der Waals surface area (Å²) in [4.78, 5) is 13.8. The van der Waals surface area contributed by atoms with Crippen molar-refractivity contribution in [3.63, 3.8) is 0 Å². The lowest BCUT2D eigenvalue weighted by Gasteiger charge is -2.23. The zero-order valence-electron chi connectivity index (χ0n) is 16.4. The Hall–Kier alpha value is -3.13. The van der Waals surface area contributed by atoms with E-state index in [4.69, 9.17) is 0 Å². The average molecular weight is 365 g/mol. The summed E-state index contributed by atoms with van der Waals surface area (Å²) in [5.74, 6) is 0.361. The lowest BCUT2D eigenvalue weighted by molar-refractivity contribution is 0.410. The van der Waals surface area contributed by atoms with E-state index in [1.165, 1.54) is 16.2 Å². The molecule has 1 unspecified atom stereocenters. The molecule has 1 atom stereocenters. The maximum absolute atomic E-state index is 13.8. The lowest BCUT2D eigenvalue weighted by Crippen LogP contribution is -2.27. The van der Waals surface area contributed by atoms with Crippen LogP contribution in [-0.2, 0) is 0 Å². The van der Waals surface area contributed by atoms with Crippen molar-refractivity contribution in [1.29, 1.82) is 0 Å². The van der Waals surface area contributed by atoms with E-state index in [1.54, 1.807) is 0 Å². The van der Waals surface area contributed by atoms with Crippen molar-refractivity contribution in [2.75, 3.05) is 0 Å². The smallest absolute Gasteiger partial charge is 0.259 e. The van der Waals surface area contributed by atoms with Crippen LogP contribution in [0.1, 0.15) is 26.8 Å². The summed E-state index contributed by atoms with van der Waals surface area (Å²) in [6.07, 6.45) is 0. The van der Waals surface area contributed by atoms with Gasteiger partial charge in [0.2, 0.25) is 0 Å². The molecule has 0 amide bonds. The summed E-state index contributed by atoms with van der Waals surface area (Å²) >= 11 is 0. The van der Waals surface area contributed by atoms with Gasteiger partial charge in [0.1, 0.15) is 0 Å². The fourth-order valence-corrected chi connectivity index (χ4v) is 4.39. The summed E-state index contributed by atoms with van der Waals surface area (Å²) in [6.45, 7) is 6.51. The first-order chi connectivity index (χ1) is 13.6. The molecule has 0 bridgehead atoms. The fourth-order valence-electron chi connectivity index (χ4n) is 4.39. The summed E-state index contributed by atoms with van der Waals surface area (Å²) in [5, 5.41) is 7.58. The van der Waals surface area contributed by atoms with Gasteiger partial charge < -0.3 is 4.57 Å². The van der Waals surface area contributed by atoms with Gasteiger partial charge in [0.15, 0.2) is 0 Å². The fraction of sp³-hybridized carbons (Fsp3) is 0.192. The maximum atomic E-state index is 13.8. The molecule has 0 fully saturated rings.